The van der Waals surface area contributed by atoms with Crippen LogP contribution in [0.4, 0.5) is 0 Å². The molecule has 0 atom stereocenters. The van der Waals surface area contributed by atoms with Gasteiger partial charge in [-0.2, -0.15) is 5.26 Å². The Morgan fingerprint density at radius 1 is 0.947 bits per heavy atom. The van der Waals surface area contributed by atoms with Crippen LogP contribution < -0.4 is 0 Å². The zero-order valence-corrected chi connectivity index (χ0v) is 12.0. The topological polar surface area (TPSA) is 49.6 Å². The van der Waals surface area contributed by atoms with E-state index in [4.69, 9.17) is 23.2 Å². The number of pyridine rings is 2. The summed E-state index contributed by atoms with van der Waals surface area (Å²) in [5.41, 5.74) is 3.08. The third kappa shape index (κ3) is 3.23. The summed E-state index contributed by atoms with van der Waals surface area (Å²) in [4.78, 5) is 8.40. The molecule has 2 heterocycles. The summed E-state index contributed by atoms with van der Waals surface area (Å²) in [5, 5.41) is 10.1. The van der Waals surface area contributed by atoms with Crippen molar-refractivity contribution >= 4 is 23.2 Å². The molecular formula is C14H11Cl2N3. The Morgan fingerprint density at radius 3 is 1.68 bits per heavy atom. The van der Waals surface area contributed by atoms with Gasteiger partial charge in [-0.25, -0.2) is 9.97 Å². The van der Waals surface area contributed by atoms with E-state index in [2.05, 4.69) is 16.0 Å². The molecule has 96 valence electrons. The average molecular weight is 292 g/mol. The lowest BCUT2D eigenvalue weighted by Crippen LogP contribution is -2.05. The Hall–Kier alpha value is -1.63. The molecule has 5 heteroatoms. The van der Waals surface area contributed by atoms with Crippen LogP contribution >= 0.6 is 23.2 Å². The lowest BCUT2D eigenvalue weighted by molar-refractivity contribution is 0.911. The van der Waals surface area contributed by atoms with Gasteiger partial charge in [0.05, 0.1) is 17.5 Å². The monoisotopic (exact) mass is 291 g/mol. The van der Waals surface area contributed by atoms with Crippen molar-refractivity contribution < 1.29 is 0 Å². The third-order valence-corrected chi connectivity index (χ3v) is 3.02. The summed E-state index contributed by atoms with van der Waals surface area (Å²) in [6, 6.07) is 9.36. The second kappa shape index (κ2) is 5.56. The summed E-state index contributed by atoms with van der Waals surface area (Å²) >= 11 is 11.9. The molecule has 2 aromatic rings. The summed E-state index contributed by atoms with van der Waals surface area (Å²) in [6.07, 6.45) is 0. The Kier molecular flexibility index (Phi) is 4.04. The molecule has 19 heavy (non-hydrogen) atoms. The van der Waals surface area contributed by atoms with E-state index < -0.39 is 5.92 Å². The highest BCUT2D eigenvalue weighted by molar-refractivity contribution is 6.29. The first kappa shape index (κ1) is 13.8. The van der Waals surface area contributed by atoms with Crippen molar-refractivity contribution in [1.29, 1.82) is 5.26 Å². The Morgan fingerprint density at radius 2 is 1.37 bits per heavy atom. The van der Waals surface area contributed by atoms with E-state index in [0.29, 0.717) is 21.7 Å². The number of aromatic nitrogens is 2. The van der Waals surface area contributed by atoms with Crippen molar-refractivity contribution in [3.05, 3.63) is 57.1 Å². The third-order valence-electron chi connectivity index (χ3n) is 2.64. The Bertz CT molecular complexity index is 570. The molecule has 2 aromatic heterocycles. The van der Waals surface area contributed by atoms with E-state index in [1.165, 1.54) is 0 Å². The number of aryl methyl sites for hydroxylation is 2. The fourth-order valence-electron chi connectivity index (χ4n) is 1.88. The molecule has 0 aromatic carbocycles. The minimum absolute atomic E-state index is 0.369. The zero-order valence-electron chi connectivity index (χ0n) is 10.5. The minimum atomic E-state index is -0.574. The molecular weight excluding hydrogens is 281 g/mol. The van der Waals surface area contributed by atoms with Crippen molar-refractivity contribution in [2.75, 3.05) is 0 Å². The molecule has 0 aliphatic carbocycles. The number of rotatable bonds is 2. The summed E-state index contributed by atoms with van der Waals surface area (Å²) in [7, 11) is 0. The highest BCUT2D eigenvalue weighted by atomic mass is 35.5. The number of halogens is 2. The Balaban J connectivity index is 2.53. The van der Waals surface area contributed by atoms with Crippen molar-refractivity contribution in [1.82, 2.24) is 9.97 Å². The largest absolute Gasteiger partial charge is 0.239 e. The van der Waals surface area contributed by atoms with Crippen LogP contribution in [0.2, 0.25) is 10.3 Å². The molecule has 0 saturated carbocycles. The van der Waals surface area contributed by atoms with Crippen molar-refractivity contribution in [2.24, 2.45) is 0 Å². The number of nitriles is 1. The SMILES string of the molecule is Cc1cc(Cl)nc(C(C#N)c2cc(C)cc(Cl)n2)c1. The van der Waals surface area contributed by atoms with Crippen LogP contribution in [0.25, 0.3) is 0 Å². The molecule has 0 saturated heterocycles. The average Bonchev–Trinajstić information content (AvgIpc) is 2.27. The first-order valence-corrected chi connectivity index (χ1v) is 6.43. The molecule has 0 N–H and O–H groups in total. The first-order valence-electron chi connectivity index (χ1n) is 5.67. The fourth-order valence-corrected chi connectivity index (χ4v) is 2.42. The van der Waals surface area contributed by atoms with Crippen LogP contribution in [-0.2, 0) is 0 Å². The fraction of sp³-hybridized carbons (Fsp3) is 0.214. The second-order valence-electron chi connectivity index (χ2n) is 4.35. The van der Waals surface area contributed by atoms with Crippen LogP contribution in [0.1, 0.15) is 28.4 Å². The van der Waals surface area contributed by atoms with Gasteiger partial charge in [0.15, 0.2) is 0 Å². The molecule has 0 spiro atoms. The number of nitrogens with zero attached hydrogens (tertiary/aromatic N) is 3. The van der Waals surface area contributed by atoms with Gasteiger partial charge in [-0.05, 0) is 49.2 Å². The van der Waals surface area contributed by atoms with Gasteiger partial charge in [0.25, 0.3) is 0 Å². The molecule has 0 radical (unpaired) electrons. The second-order valence-corrected chi connectivity index (χ2v) is 5.12. The number of hydrogen-bond donors (Lipinski definition) is 0. The summed E-state index contributed by atoms with van der Waals surface area (Å²) in [5.74, 6) is -0.574. The standard InChI is InChI=1S/C14H11Cl2N3/c1-8-3-11(18-13(15)5-8)10(7-17)12-4-9(2)6-14(16)19-12/h3-6,10H,1-2H3. The molecule has 0 unspecified atom stereocenters. The van der Waals surface area contributed by atoms with Gasteiger partial charge in [-0.3, -0.25) is 0 Å². The quantitative estimate of drug-likeness (QED) is 0.784. The van der Waals surface area contributed by atoms with E-state index in [1.54, 1.807) is 12.1 Å². The predicted molar refractivity (Wildman–Crippen MR) is 75.4 cm³/mol. The van der Waals surface area contributed by atoms with E-state index in [9.17, 15) is 5.26 Å². The van der Waals surface area contributed by atoms with Crippen molar-refractivity contribution in [3.8, 4) is 6.07 Å². The maximum Gasteiger partial charge on any atom is 0.130 e. The van der Waals surface area contributed by atoms with Gasteiger partial charge in [0, 0.05) is 0 Å². The molecule has 0 amide bonds. The molecule has 0 aliphatic heterocycles. The summed E-state index contributed by atoms with van der Waals surface area (Å²) < 4.78 is 0. The van der Waals surface area contributed by atoms with E-state index in [1.807, 2.05) is 26.0 Å². The Labute approximate surface area is 121 Å². The van der Waals surface area contributed by atoms with E-state index in [-0.39, 0.29) is 0 Å². The molecule has 0 aliphatic rings. The van der Waals surface area contributed by atoms with Crippen LogP contribution in [0.5, 0.6) is 0 Å². The maximum absolute atomic E-state index is 9.38. The van der Waals surface area contributed by atoms with Crippen LogP contribution in [0.3, 0.4) is 0 Å². The van der Waals surface area contributed by atoms with Gasteiger partial charge in [-0.1, -0.05) is 23.2 Å². The van der Waals surface area contributed by atoms with Crippen LogP contribution in [-0.4, -0.2) is 9.97 Å². The van der Waals surface area contributed by atoms with Gasteiger partial charge >= 0.3 is 0 Å². The number of hydrogen-bond acceptors (Lipinski definition) is 3. The molecule has 2 rings (SSSR count). The van der Waals surface area contributed by atoms with Crippen molar-refractivity contribution in [3.63, 3.8) is 0 Å². The predicted octanol–water partition coefficient (Wildman–Crippen LogP) is 4.06. The smallest absolute Gasteiger partial charge is 0.130 e. The lowest BCUT2D eigenvalue weighted by atomic mass is 9.99. The molecule has 0 fully saturated rings. The molecule has 3 nitrogen and oxygen atoms in total. The maximum atomic E-state index is 9.38. The highest BCUT2D eigenvalue weighted by Gasteiger charge is 2.18. The van der Waals surface area contributed by atoms with E-state index >= 15 is 0 Å². The minimum Gasteiger partial charge on any atom is -0.239 e. The van der Waals surface area contributed by atoms with Crippen LogP contribution in [0.15, 0.2) is 24.3 Å². The highest BCUT2D eigenvalue weighted by Crippen LogP contribution is 2.25. The molecule has 0 bridgehead atoms. The van der Waals surface area contributed by atoms with Gasteiger partial charge in [0.2, 0.25) is 0 Å². The lowest BCUT2D eigenvalue weighted by Gasteiger charge is -2.10. The van der Waals surface area contributed by atoms with Crippen LogP contribution in [0, 0.1) is 25.2 Å². The first-order chi connectivity index (χ1) is 8.99. The van der Waals surface area contributed by atoms with Gasteiger partial charge in [-0.15, -0.1) is 0 Å². The van der Waals surface area contributed by atoms with Gasteiger partial charge in [0.1, 0.15) is 16.2 Å². The summed E-state index contributed by atoms with van der Waals surface area (Å²) in [6.45, 7) is 3.81. The zero-order chi connectivity index (χ0) is 14.0. The van der Waals surface area contributed by atoms with Gasteiger partial charge < -0.3 is 0 Å². The van der Waals surface area contributed by atoms with Crippen molar-refractivity contribution in [2.45, 2.75) is 19.8 Å². The normalized spacial score (nSPS) is 10.5. The van der Waals surface area contributed by atoms with E-state index in [0.717, 1.165) is 11.1 Å².